The lowest BCUT2D eigenvalue weighted by molar-refractivity contribution is 0.181. The lowest BCUT2D eigenvalue weighted by Crippen LogP contribution is -2.47. The average Bonchev–Trinajstić information content (AvgIpc) is 3.53. The summed E-state index contributed by atoms with van der Waals surface area (Å²) in [5.41, 5.74) is 4.03. The Morgan fingerprint density at radius 1 is 1.16 bits per heavy atom. The quantitative estimate of drug-likeness (QED) is 0.300. The van der Waals surface area contributed by atoms with Crippen LogP contribution in [0.25, 0.3) is 16.2 Å². The number of urea groups is 1. The minimum Gasteiger partial charge on any atom is -0.334 e. The first-order valence-electron chi connectivity index (χ1n) is 12.7. The van der Waals surface area contributed by atoms with Gasteiger partial charge in [-0.2, -0.15) is 4.37 Å². The van der Waals surface area contributed by atoms with Crippen molar-refractivity contribution in [2.24, 2.45) is 0 Å². The second kappa shape index (κ2) is 10.4. The van der Waals surface area contributed by atoms with E-state index >= 15 is 0 Å². The topological polar surface area (TPSA) is 61.4 Å². The van der Waals surface area contributed by atoms with E-state index in [1.165, 1.54) is 29.2 Å². The molecule has 2 aromatic heterocycles. The number of hydrogen-bond donors (Lipinski definition) is 1. The van der Waals surface area contributed by atoms with Gasteiger partial charge in [0.2, 0.25) is 0 Å². The first-order valence-corrected chi connectivity index (χ1v) is 13.8. The molecule has 0 bridgehead atoms. The summed E-state index contributed by atoms with van der Waals surface area (Å²) < 4.78 is 18.8. The fraction of sp³-hybridized carbons (Fsp3) is 0.276. The summed E-state index contributed by atoms with van der Waals surface area (Å²) in [5, 5.41) is 4.64. The van der Waals surface area contributed by atoms with Crippen LogP contribution in [-0.2, 0) is 12.0 Å². The lowest BCUT2D eigenvalue weighted by atomic mass is 9.73. The maximum Gasteiger partial charge on any atom is 0.322 e. The Morgan fingerprint density at radius 2 is 1.97 bits per heavy atom. The number of fused-ring (bicyclic) bond motifs is 4. The Labute approximate surface area is 229 Å². The maximum atomic E-state index is 13.4. The Balaban J connectivity index is 1.18. The third kappa shape index (κ3) is 4.91. The van der Waals surface area contributed by atoms with E-state index in [4.69, 9.17) is 11.6 Å². The molecule has 0 saturated carbocycles. The Kier molecular flexibility index (Phi) is 6.86. The van der Waals surface area contributed by atoms with Gasteiger partial charge in [0.25, 0.3) is 0 Å². The fourth-order valence-corrected chi connectivity index (χ4v) is 6.52. The molecule has 1 fully saturated rings. The summed E-state index contributed by atoms with van der Waals surface area (Å²) in [4.78, 5) is 21.8. The summed E-state index contributed by atoms with van der Waals surface area (Å²) in [5.74, 6) is -0.222. The van der Waals surface area contributed by atoms with Crippen molar-refractivity contribution in [2.75, 3.05) is 31.1 Å². The molecular formula is C29H27ClFN5OS. The Hall–Kier alpha value is -3.33. The number of pyridine rings is 1. The minimum absolute atomic E-state index is 0.105. The van der Waals surface area contributed by atoms with E-state index in [1.54, 1.807) is 24.4 Å². The van der Waals surface area contributed by atoms with Gasteiger partial charge < -0.3 is 5.32 Å². The first kappa shape index (κ1) is 25.0. The number of aromatic nitrogens is 2. The van der Waals surface area contributed by atoms with E-state index in [0.29, 0.717) is 18.2 Å². The normalized spacial score (nSPS) is 16.9. The molecule has 0 radical (unpaired) electrons. The van der Waals surface area contributed by atoms with Crippen LogP contribution in [0.2, 0.25) is 5.15 Å². The molecule has 0 aliphatic carbocycles. The number of rotatable bonds is 5. The molecule has 38 heavy (non-hydrogen) atoms. The third-order valence-corrected chi connectivity index (χ3v) is 8.61. The molecular weight excluding hydrogens is 521 g/mol. The number of nitrogens with zero attached hydrogens (tertiary/aromatic N) is 4. The Morgan fingerprint density at radius 3 is 2.76 bits per heavy atom. The van der Waals surface area contributed by atoms with Gasteiger partial charge in [0.1, 0.15) is 11.0 Å². The van der Waals surface area contributed by atoms with Crippen molar-refractivity contribution < 1.29 is 9.18 Å². The fourth-order valence-electron chi connectivity index (χ4n) is 5.67. The predicted molar refractivity (Wildman–Crippen MR) is 151 cm³/mol. The first-order chi connectivity index (χ1) is 18.5. The van der Waals surface area contributed by atoms with Gasteiger partial charge in [-0.25, -0.2) is 14.2 Å². The van der Waals surface area contributed by atoms with Gasteiger partial charge >= 0.3 is 6.03 Å². The molecule has 2 aliphatic rings. The van der Waals surface area contributed by atoms with Crippen molar-refractivity contribution in [1.82, 2.24) is 19.6 Å². The maximum absolute atomic E-state index is 13.4. The highest BCUT2D eigenvalue weighted by Gasteiger charge is 2.47. The number of amides is 2. The Bertz CT molecular complexity index is 1500. The van der Waals surface area contributed by atoms with Gasteiger partial charge in [0, 0.05) is 42.8 Å². The number of nitrogens with one attached hydrogen (secondary N) is 1. The van der Waals surface area contributed by atoms with Crippen LogP contribution >= 0.6 is 23.1 Å². The van der Waals surface area contributed by atoms with Gasteiger partial charge in [0.05, 0.1) is 10.4 Å². The molecule has 6 rings (SSSR count). The molecule has 2 amide bonds. The molecule has 1 saturated heterocycles. The van der Waals surface area contributed by atoms with Crippen LogP contribution in [0.1, 0.15) is 29.5 Å². The van der Waals surface area contributed by atoms with Gasteiger partial charge in [-0.1, -0.05) is 35.9 Å². The molecule has 2 aromatic carbocycles. The van der Waals surface area contributed by atoms with E-state index in [1.807, 2.05) is 23.2 Å². The lowest BCUT2D eigenvalue weighted by Gasteiger charge is -2.39. The molecule has 1 N–H and O–H groups in total. The third-order valence-electron chi connectivity index (χ3n) is 7.64. The largest absolute Gasteiger partial charge is 0.334 e. The van der Waals surface area contributed by atoms with Crippen molar-refractivity contribution in [3.63, 3.8) is 0 Å². The summed E-state index contributed by atoms with van der Waals surface area (Å²) in [6.07, 6.45) is 9.70. The molecule has 4 heterocycles. The van der Waals surface area contributed by atoms with Crippen molar-refractivity contribution >= 4 is 51.0 Å². The van der Waals surface area contributed by atoms with E-state index in [-0.39, 0.29) is 17.3 Å². The van der Waals surface area contributed by atoms with Gasteiger partial charge in [-0.15, -0.1) is 0 Å². The van der Waals surface area contributed by atoms with E-state index in [2.05, 4.69) is 37.8 Å². The minimum atomic E-state index is -0.222. The number of anilines is 1. The smallest absolute Gasteiger partial charge is 0.322 e. The monoisotopic (exact) mass is 547 g/mol. The van der Waals surface area contributed by atoms with E-state index < -0.39 is 0 Å². The zero-order chi connectivity index (χ0) is 26.1. The highest BCUT2D eigenvalue weighted by molar-refractivity contribution is 7.13. The zero-order valence-electron chi connectivity index (χ0n) is 20.7. The second-order valence-corrected chi connectivity index (χ2v) is 11.2. The van der Waals surface area contributed by atoms with E-state index in [9.17, 15) is 9.18 Å². The molecule has 6 nitrogen and oxygen atoms in total. The van der Waals surface area contributed by atoms with Crippen LogP contribution in [0, 0.1) is 5.82 Å². The van der Waals surface area contributed by atoms with Gasteiger partial charge in [-0.05, 0) is 90.6 Å². The van der Waals surface area contributed by atoms with Crippen LogP contribution in [0.3, 0.4) is 0 Å². The molecule has 2 aliphatic heterocycles. The highest BCUT2D eigenvalue weighted by atomic mass is 35.5. The van der Waals surface area contributed by atoms with Gasteiger partial charge in [0.15, 0.2) is 0 Å². The highest BCUT2D eigenvalue weighted by Crippen LogP contribution is 2.50. The SMILES string of the molecule is O=C(NCc1ccnc(Cl)c1)N1CC2(CCN(CC=Cc3ccc(F)cc3)CC2)c2c1ccc1sncc21. The summed E-state index contributed by atoms with van der Waals surface area (Å²) in [6, 6.07) is 14.2. The van der Waals surface area contributed by atoms with Crippen LogP contribution < -0.4 is 10.2 Å². The zero-order valence-corrected chi connectivity index (χ0v) is 22.3. The van der Waals surface area contributed by atoms with Crippen molar-refractivity contribution in [1.29, 1.82) is 0 Å². The van der Waals surface area contributed by atoms with Crippen LogP contribution in [0.4, 0.5) is 14.9 Å². The van der Waals surface area contributed by atoms with Crippen LogP contribution in [0.5, 0.6) is 0 Å². The summed E-state index contributed by atoms with van der Waals surface area (Å²) in [7, 11) is 0. The van der Waals surface area contributed by atoms with Crippen molar-refractivity contribution in [2.45, 2.75) is 24.8 Å². The average molecular weight is 548 g/mol. The molecule has 1 spiro atoms. The molecule has 194 valence electrons. The van der Waals surface area contributed by atoms with Crippen LogP contribution in [0.15, 0.2) is 67.0 Å². The number of piperidine rings is 1. The predicted octanol–water partition coefficient (Wildman–Crippen LogP) is 6.26. The number of carbonyl (C=O) groups excluding carboxylic acids is 1. The van der Waals surface area contributed by atoms with E-state index in [0.717, 1.165) is 59.4 Å². The number of benzene rings is 2. The number of carbonyl (C=O) groups is 1. The van der Waals surface area contributed by atoms with Crippen LogP contribution in [-0.4, -0.2) is 46.5 Å². The van der Waals surface area contributed by atoms with Crippen molar-refractivity contribution in [3.8, 4) is 0 Å². The molecule has 4 aromatic rings. The number of hydrogen-bond acceptors (Lipinski definition) is 5. The van der Waals surface area contributed by atoms with Gasteiger partial charge in [-0.3, -0.25) is 9.80 Å². The molecule has 0 unspecified atom stereocenters. The number of halogens is 2. The standard InChI is InChI=1S/C29H27ClFN5OS/c30-26-16-21(9-12-32-26)17-33-28(37)36-19-29(27-23-18-34-38-25(23)8-7-24(27)36)10-14-35(15-11-29)13-1-2-20-3-5-22(31)6-4-20/h1-9,12,16,18H,10-11,13-15,17,19H2,(H,33,37). The number of likely N-dealkylation sites (tertiary alicyclic amines) is 1. The molecule has 0 atom stereocenters. The van der Waals surface area contributed by atoms with Crippen molar-refractivity contribution in [3.05, 3.63) is 94.7 Å². The second-order valence-electron chi connectivity index (χ2n) is 9.96. The summed E-state index contributed by atoms with van der Waals surface area (Å²) >= 11 is 7.51. The summed E-state index contributed by atoms with van der Waals surface area (Å²) in [6.45, 7) is 3.75. The molecule has 9 heteroatoms.